The number of carbonyl (C=O) groups is 1. The van der Waals surface area contributed by atoms with Gasteiger partial charge in [-0.15, -0.1) is 0 Å². The van der Waals surface area contributed by atoms with E-state index >= 15 is 0 Å². The number of halogens is 1. The molecule has 5 nitrogen and oxygen atoms in total. The maximum Gasteiger partial charge on any atom is 0.291 e. The van der Waals surface area contributed by atoms with Crippen LogP contribution in [0.25, 0.3) is 0 Å². The Morgan fingerprint density at radius 2 is 2.31 bits per heavy atom. The first-order valence-corrected chi connectivity index (χ1v) is 5.19. The van der Waals surface area contributed by atoms with E-state index in [2.05, 4.69) is 26.2 Å². The Balaban J connectivity index is 2.25. The van der Waals surface area contributed by atoms with Crippen molar-refractivity contribution in [3.8, 4) is 0 Å². The molecule has 16 heavy (non-hydrogen) atoms. The highest BCUT2D eigenvalue weighted by molar-refractivity contribution is 9.10. The van der Waals surface area contributed by atoms with Crippen LogP contribution in [0.4, 0.5) is 5.69 Å². The number of H-pyrrole nitrogens is 1. The smallest absolute Gasteiger partial charge is 0.291 e. The molecule has 82 valence electrons. The molecule has 2 aromatic rings. The van der Waals surface area contributed by atoms with Gasteiger partial charge < -0.3 is 14.7 Å². The zero-order valence-electron chi connectivity index (χ0n) is 7.99. The lowest BCUT2D eigenvalue weighted by atomic mass is 10.3. The van der Waals surface area contributed by atoms with Crippen LogP contribution in [0.15, 0.2) is 44.3 Å². The second-order valence-electron chi connectivity index (χ2n) is 2.99. The van der Waals surface area contributed by atoms with Crippen molar-refractivity contribution < 1.29 is 9.21 Å². The summed E-state index contributed by atoms with van der Waals surface area (Å²) in [7, 11) is 0. The van der Waals surface area contributed by atoms with E-state index in [1.165, 1.54) is 24.6 Å². The van der Waals surface area contributed by atoms with Gasteiger partial charge in [-0.05, 0) is 34.1 Å². The average Bonchev–Trinajstić information content (AvgIpc) is 2.76. The van der Waals surface area contributed by atoms with Crippen molar-refractivity contribution in [3.63, 3.8) is 0 Å². The van der Waals surface area contributed by atoms with Crippen molar-refractivity contribution in [2.45, 2.75) is 0 Å². The Hall–Kier alpha value is -1.82. The highest BCUT2D eigenvalue weighted by atomic mass is 79.9. The van der Waals surface area contributed by atoms with Crippen LogP contribution < -0.4 is 10.9 Å². The van der Waals surface area contributed by atoms with Crippen molar-refractivity contribution >= 4 is 27.5 Å². The van der Waals surface area contributed by atoms with Gasteiger partial charge >= 0.3 is 0 Å². The minimum absolute atomic E-state index is 0.152. The maximum atomic E-state index is 11.6. The number of hydrogen-bond acceptors (Lipinski definition) is 3. The van der Waals surface area contributed by atoms with Gasteiger partial charge in [0, 0.05) is 10.7 Å². The number of amides is 1. The van der Waals surface area contributed by atoms with Crippen LogP contribution in [0, 0.1) is 0 Å². The molecular weight excluding hydrogens is 276 g/mol. The van der Waals surface area contributed by atoms with E-state index in [4.69, 9.17) is 4.42 Å². The first kappa shape index (κ1) is 10.7. The molecule has 0 radical (unpaired) electrons. The summed E-state index contributed by atoms with van der Waals surface area (Å²) in [5.41, 5.74) is -0.209. The van der Waals surface area contributed by atoms with E-state index in [1.807, 2.05) is 0 Å². The molecule has 6 heteroatoms. The Bertz CT molecular complexity index is 560. The number of nitrogens with one attached hydrogen (secondary N) is 2. The maximum absolute atomic E-state index is 11.6. The third kappa shape index (κ3) is 2.22. The van der Waals surface area contributed by atoms with Crippen LogP contribution in [-0.4, -0.2) is 10.9 Å². The summed E-state index contributed by atoms with van der Waals surface area (Å²) in [6.07, 6.45) is 2.88. The Kier molecular flexibility index (Phi) is 2.91. The zero-order valence-corrected chi connectivity index (χ0v) is 9.58. The highest BCUT2D eigenvalue weighted by Gasteiger charge is 2.10. The molecule has 0 aliphatic carbocycles. The molecule has 0 unspecified atom stereocenters. The number of aromatic amines is 1. The van der Waals surface area contributed by atoms with Crippen molar-refractivity contribution in [2.75, 3.05) is 5.32 Å². The molecule has 2 rings (SSSR count). The van der Waals surface area contributed by atoms with Crippen molar-refractivity contribution in [1.29, 1.82) is 0 Å². The van der Waals surface area contributed by atoms with Crippen molar-refractivity contribution in [2.24, 2.45) is 0 Å². The first-order valence-electron chi connectivity index (χ1n) is 4.40. The Morgan fingerprint density at radius 1 is 1.50 bits per heavy atom. The van der Waals surface area contributed by atoms with E-state index in [1.54, 1.807) is 6.07 Å². The second-order valence-corrected chi connectivity index (χ2v) is 3.91. The monoisotopic (exact) mass is 282 g/mol. The fourth-order valence-corrected chi connectivity index (χ4v) is 1.49. The largest absolute Gasteiger partial charge is 0.459 e. The van der Waals surface area contributed by atoms with Gasteiger partial charge in [0.15, 0.2) is 5.76 Å². The van der Waals surface area contributed by atoms with Crippen molar-refractivity contribution in [1.82, 2.24) is 4.98 Å². The quantitative estimate of drug-likeness (QED) is 0.884. The van der Waals surface area contributed by atoms with E-state index in [9.17, 15) is 9.59 Å². The molecule has 2 heterocycles. The summed E-state index contributed by atoms with van der Waals surface area (Å²) in [5, 5.41) is 2.45. The van der Waals surface area contributed by atoms with E-state index in [0.717, 1.165) is 0 Å². The molecule has 1 amide bonds. The van der Waals surface area contributed by atoms with E-state index in [0.29, 0.717) is 4.47 Å². The fraction of sp³-hybridized carbons (Fsp3) is 0. The van der Waals surface area contributed by atoms with Gasteiger partial charge in [-0.3, -0.25) is 9.59 Å². The summed E-state index contributed by atoms with van der Waals surface area (Å²) < 4.78 is 5.57. The second kappa shape index (κ2) is 4.36. The van der Waals surface area contributed by atoms with Crippen LogP contribution in [0.3, 0.4) is 0 Å². The minimum Gasteiger partial charge on any atom is -0.459 e. The third-order valence-electron chi connectivity index (χ3n) is 1.86. The summed E-state index contributed by atoms with van der Waals surface area (Å²) >= 11 is 3.19. The SMILES string of the molecule is O=C(Nc1cc(Br)c[nH]c1=O)c1ccco1. The Labute approximate surface area is 98.6 Å². The predicted octanol–water partition coefficient (Wildman–Crippen LogP) is 1.98. The summed E-state index contributed by atoms with van der Waals surface area (Å²) in [4.78, 5) is 25.4. The molecule has 0 aliphatic heterocycles. The van der Waals surface area contributed by atoms with Crippen LogP contribution >= 0.6 is 15.9 Å². The lowest BCUT2D eigenvalue weighted by Crippen LogP contribution is -2.19. The average molecular weight is 283 g/mol. The zero-order chi connectivity index (χ0) is 11.5. The molecule has 0 bridgehead atoms. The van der Waals surface area contributed by atoms with E-state index < -0.39 is 5.91 Å². The molecular formula is C10H7BrN2O3. The summed E-state index contributed by atoms with van der Waals surface area (Å²) in [5.74, 6) is -0.312. The fourth-order valence-electron chi connectivity index (χ4n) is 1.14. The predicted molar refractivity (Wildman–Crippen MR) is 61.4 cm³/mol. The van der Waals surface area contributed by atoms with Gasteiger partial charge in [0.05, 0.1) is 6.26 Å². The minimum atomic E-state index is -0.464. The molecule has 0 atom stereocenters. The van der Waals surface area contributed by atoms with Crippen LogP contribution in [0.1, 0.15) is 10.6 Å². The van der Waals surface area contributed by atoms with Crippen molar-refractivity contribution in [3.05, 3.63) is 51.2 Å². The van der Waals surface area contributed by atoms with Crippen LogP contribution in [0.5, 0.6) is 0 Å². The third-order valence-corrected chi connectivity index (χ3v) is 2.32. The number of furan rings is 1. The first-order chi connectivity index (χ1) is 7.66. The summed E-state index contributed by atoms with van der Waals surface area (Å²) in [6.45, 7) is 0. The molecule has 2 N–H and O–H groups in total. The normalized spacial score (nSPS) is 10.1. The number of aromatic nitrogens is 1. The summed E-state index contributed by atoms with van der Waals surface area (Å²) in [6, 6.07) is 4.63. The number of rotatable bonds is 2. The molecule has 0 saturated heterocycles. The van der Waals surface area contributed by atoms with Crippen LogP contribution in [-0.2, 0) is 0 Å². The lowest BCUT2D eigenvalue weighted by molar-refractivity contribution is 0.0996. The van der Waals surface area contributed by atoms with Gasteiger partial charge in [-0.2, -0.15) is 0 Å². The number of hydrogen-bond donors (Lipinski definition) is 2. The number of anilines is 1. The standard InChI is InChI=1S/C10H7BrN2O3/c11-6-4-7(9(14)12-5-6)13-10(15)8-2-1-3-16-8/h1-5H,(H,12,14)(H,13,15). The molecule has 2 aromatic heterocycles. The highest BCUT2D eigenvalue weighted by Crippen LogP contribution is 2.11. The lowest BCUT2D eigenvalue weighted by Gasteiger charge is -2.01. The molecule has 0 fully saturated rings. The van der Waals surface area contributed by atoms with Gasteiger partial charge in [0.2, 0.25) is 0 Å². The van der Waals surface area contributed by atoms with Crippen LogP contribution in [0.2, 0.25) is 0 Å². The number of carbonyl (C=O) groups excluding carboxylic acids is 1. The molecule has 0 aliphatic rings. The van der Waals surface area contributed by atoms with E-state index in [-0.39, 0.29) is 17.0 Å². The molecule has 0 spiro atoms. The topological polar surface area (TPSA) is 75.1 Å². The Morgan fingerprint density at radius 3 is 3.00 bits per heavy atom. The van der Waals surface area contributed by atoms with Gasteiger partial charge in [0.25, 0.3) is 11.5 Å². The molecule has 0 saturated carbocycles. The van der Waals surface area contributed by atoms with Gasteiger partial charge in [-0.25, -0.2) is 0 Å². The number of pyridine rings is 1. The van der Waals surface area contributed by atoms with Gasteiger partial charge in [0.1, 0.15) is 5.69 Å². The van der Waals surface area contributed by atoms with Gasteiger partial charge in [-0.1, -0.05) is 0 Å². The molecule has 0 aromatic carbocycles.